The van der Waals surface area contributed by atoms with Crippen LogP contribution in [0.15, 0.2) is 22.2 Å². The lowest BCUT2D eigenvalue weighted by atomic mass is 10.1. The van der Waals surface area contributed by atoms with Crippen molar-refractivity contribution in [1.82, 2.24) is 9.88 Å². The van der Waals surface area contributed by atoms with E-state index in [1.165, 1.54) is 11.3 Å². The number of likely N-dealkylation sites (tertiary alicyclic amines) is 1. The topological polar surface area (TPSA) is 53.4 Å². The molecular formula is C11H10N2O2S2. The van der Waals surface area contributed by atoms with E-state index in [4.69, 9.17) is 5.11 Å². The molecule has 3 rings (SSSR count). The van der Waals surface area contributed by atoms with Crippen LogP contribution in [-0.2, 0) is 0 Å². The Labute approximate surface area is 106 Å². The van der Waals surface area contributed by atoms with Crippen LogP contribution in [0, 0.1) is 0 Å². The number of carbonyl (C=O) groups is 1. The molecule has 0 bridgehead atoms. The summed E-state index contributed by atoms with van der Waals surface area (Å²) in [6, 6.07) is 1.99. The molecule has 1 amide bonds. The molecule has 0 unspecified atom stereocenters. The number of β-amino-alcohol motifs (C(OH)–C–C–N with tert-alkyl or cyclic N) is 1. The van der Waals surface area contributed by atoms with Gasteiger partial charge < -0.3 is 10.0 Å². The molecular weight excluding hydrogens is 256 g/mol. The van der Waals surface area contributed by atoms with Gasteiger partial charge >= 0.3 is 0 Å². The zero-order valence-corrected chi connectivity index (χ0v) is 10.5. The lowest BCUT2D eigenvalue weighted by molar-refractivity contribution is 0.00556. The number of thiazole rings is 1. The molecule has 88 valence electrons. The monoisotopic (exact) mass is 266 g/mol. The number of hydrogen-bond donors (Lipinski definition) is 1. The summed E-state index contributed by atoms with van der Waals surface area (Å²) in [4.78, 5) is 17.9. The van der Waals surface area contributed by atoms with Gasteiger partial charge in [0, 0.05) is 29.4 Å². The highest BCUT2D eigenvalue weighted by Gasteiger charge is 2.30. The number of thiophene rings is 1. The summed E-state index contributed by atoms with van der Waals surface area (Å²) in [5, 5.41) is 15.8. The van der Waals surface area contributed by atoms with Crippen molar-refractivity contribution in [3.63, 3.8) is 0 Å². The first-order valence-corrected chi connectivity index (χ1v) is 7.02. The van der Waals surface area contributed by atoms with Crippen LogP contribution in [0.2, 0.25) is 0 Å². The van der Waals surface area contributed by atoms with E-state index in [-0.39, 0.29) is 12.0 Å². The normalized spacial score (nSPS) is 15.9. The smallest absolute Gasteiger partial charge is 0.273 e. The Morgan fingerprint density at radius 2 is 2.29 bits per heavy atom. The second-order valence-electron chi connectivity index (χ2n) is 3.91. The summed E-state index contributed by atoms with van der Waals surface area (Å²) in [5.74, 6) is -0.0898. The molecule has 1 aliphatic rings. The molecule has 1 fully saturated rings. The predicted molar refractivity (Wildman–Crippen MR) is 67.3 cm³/mol. The Hall–Kier alpha value is -1.24. The fraction of sp³-hybridized carbons (Fsp3) is 0.273. The third kappa shape index (κ3) is 1.99. The molecule has 0 saturated carbocycles. The minimum Gasteiger partial charge on any atom is -0.389 e. The van der Waals surface area contributed by atoms with Gasteiger partial charge in [-0.05, 0) is 11.4 Å². The summed E-state index contributed by atoms with van der Waals surface area (Å²) in [7, 11) is 0. The molecule has 0 aromatic carbocycles. The van der Waals surface area contributed by atoms with E-state index in [2.05, 4.69) is 4.98 Å². The molecule has 2 aromatic heterocycles. The maximum atomic E-state index is 11.9. The van der Waals surface area contributed by atoms with Crippen molar-refractivity contribution in [2.75, 3.05) is 13.1 Å². The van der Waals surface area contributed by atoms with Gasteiger partial charge in [-0.1, -0.05) is 0 Å². The molecule has 1 aliphatic heterocycles. The van der Waals surface area contributed by atoms with Crippen LogP contribution in [0.25, 0.3) is 10.6 Å². The molecule has 3 heterocycles. The van der Waals surface area contributed by atoms with Gasteiger partial charge in [-0.25, -0.2) is 4.98 Å². The predicted octanol–water partition coefficient (Wildman–Crippen LogP) is 1.69. The minimum atomic E-state index is -0.367. The SMILES string of the molecule is O=C(c1csc(-c2ccsc2)n1)N1CC(O)C1. The molecule has 6 heteroatoms. The minimum absolute atomic E-state index is 0.0898. The van der Waals surface area contributed by atoms with E-state index in [0.29, 0.717) is 18.8 Å². The number of aromatic nitrogens is 1. The van der Waals surface area contributed by atoms with Crippen molar-refractivity contribution in [1.29, 1.82) is 0 Å². The van der Waals surface area contributed by atoms with E-state index in [1.54, 1.807) is 21.6 Å². The Morgan fingerprint density at radius 3 is 2.94 bits per heavy atom. The third-order valence-electron chi connectivity index (χ3n) is 2.64. The van der Waals surface area contributed by atoms with Gasteiger partial charge in [0.05, 0.1) is 6.10 Å². The van der Waals surface area contributed by atoms with Crippen LogP contribution in [0.3, 0.4) is 0 Å². The zero-order chi connectivity index (χ0) is 11.8. The quantitative estimate of drug-likeness (QED) is 0.900. The molecule has 4 nitrogen and oxygen atoms in total. The lowest BCUT2D eigenvalue weighted by Crippen LogP contribution is -2.53. The number of aliphatic hydroxyl groups excluding tert-OH is 1. The Balaban J connectivity index is 1.79. The van der Waals surface area contributed by atoms with Crippen molar-refractivity contribution in [3.05, 3.63) is 27.9 Å². The number of nitrogens with zero attached hydrogens (tertiary/aromatic N) is 2. The highest BCUT2D eigenvalue weighted by molar-refractivity contribution is 7.14. The maximum absolute atomic E-state index is 11.9. The summed E-state index contributed by atoms with van der Waals surface area (Å²) in [5.41, 5.74) is 1.53. The molecule has 0 atom stereocenters. The second kappa shape index (κ2) is 4.21. The standard InChI is InChI=1S/C11H10N2O2S2/c14-8-3-13(4-8)11(15)9-6-17-10(12-9)7-1-2-16-5-7/h1-2,5-6,8,14H,3-4H2. The van der Waals surface area contributed by atoms with Crippen molar-refractivity contribution in [2.45, 2.75) is 6.10 Å². The van der Waals surface area contributed by atoms with Gasteiger partial charge in [0.25, 0.3) is 5.91 Å². The fourth-order valence-corrected chi connectivity index (χ4v) is 3.18. The maximum Gasteiger partial charge on any atom is 0.273 e. The highest BCUT2D eigenvalue weighted by Crippen LogP contribution is 2.26. The summed E-state index contributed by atoms with van der Waals surface area (Å²) >= 11 is 3.09. The Morgan fingerprint density at radius 1 is 1.47 bits per heavy atom. The lowest BCUT2D eigenvalue weighted by Gasteiger charge is -2.35. The first kappa shape index (κ1) is 10.9. The van der Waals surface area contributed by atoms with Gasteiger partial charge in [0.15, 0.2) is 0 Å². The average Bonchev–Trinajstić information content (AvgIpc) is 2.92. The van der Waals surface area contributed by atoms with Crippen molar-refractivity contribution >= 4 is 28.6 Å². The molecule has 0 aliphatic carbocycles. The molecule has 0 radical (unpaired) electrons. The van der Waals surface area contributed by atoms with Gasteiger partial charge in [0.1, 0.15) is 10.7 Å². The van der Waals surface area contributed by atoms with Crippen LogP contribution in [-0.4, -0.2) is 40.1 Å². The van der Waals surface area contributed by atoms with Crippen LogP contribution >= 0.6 is 22.7 Å². The first-order valence-electron chi connectivity index (χ1n) is 5.19. The van der Waals surface area contributed by atoms with Crippen LogP contribution < -0.4 is 0 Å². The molecule has 1 N–H and O–H groups in total. The van der Waals surface area contributed by atoms with E-state index < -0.39 is 0 Å². The summed E-state index contributed by atoms with van der Waals surface area (Å²) < 4.78 is 0. The van der Waals surface area contributed by atoms with Gasteiger partial charge in [0.2, 0.25) is 0 Å². The molecule has 2 aromatic rings. The molecule has 17 heavy (non-hydrogen) atoms. The number of carbonyl (C=O) groups excluding carboxylic acids is 1. The third-order valence-corrected chi connectivity index (χ3v) is 4.22. The van der Waals surface area contributed by atoms with Crippen LogP contribution in [0.1, 0.15) is 10.5 Å². The van der Waals surface area contributed by atoms with Crippen molar-refractivity contribution < 1.29 is 9.90 Å². The second-order valence-corrected chi connectivity index (χ2v) is 5.55. The average molecular weight is 266 g/mol. The van der Waals surface area contributed by atoms with E-state index >= 15 is 0 Å². The van der Waals surface area contributed by atoms with Gasteiger partial charge in [-0.3, -0.25) is 4.79 Å². The van der Waals surface area contributed by atoms with E-state index in [1.807, 2.05) is 16.8 Å². The largest absolute Gasteiger partial charge is 0.389 e. The van der Waals surface area contributed by atoms with Crippen LogP contribution in [0.4, 0.5) is 0 Å². The highest BCUT2D eigenvalue weighted by atomic mass is 32.1. The zero-order valence-electron chi connectivity index (χ0n) is 8.87. The first-order chi connectivity index (χ1) is 8.24. The number of rotatable bonds is 2. The van der Waals surface area contributed by atoms with Gasteiger partial charge in [-0.2, -0.15) is 11.3 Å². The van der Waals surface area contributed by atoms with Gasteiger partial charge in [-0.15, -0.1) is 11.3 Å². The Bertz CT molecular complexity index is 529. The van der Waals surface area contributed by atoms with E-state index in [9.17, 15) is 4.79 Å². The summed E-state index contributed by atoms with van der Waals surface area (Å²) in [6.07, 6.45) is -0.367. The molecule has 1 saturated heterocycles. The number of amides is 1. The summed E-state index contributed by atoms with van der Waals surface area (Å²) in [6.45, 7) is 0.842. The fourth-order valence-electron chi connectivity index (χ4n) is 1.67. The number of aliphatic hydroxyl groups is 1. The van der Waals surface area contributed by atoms with Crippen molar-refractivity contribution in [3.8, 4) is 10.6 Å². The van der Waals surface area contributed by atoms with E-state index in [0.717, 1.165) is 10.6 Å². The van der Waals surface area contributed by atoms with Crippen LogP contribution in [0.5, 0.6) is 0 Å². The van der Waals surface area contributed by atoms with Crippen molar-refractivity contribution in [2.24, 2.45) is 0 Å². The molecule has 0 spiro atoms. The Kier molecular flexibility index (Phi) is 2.70. The number of hydrogen-bond acceptors (Lipinski definition) is 5.